The second kappa shape index (κ2) is 9.26. The van der Waals surface area contributed by atoms with E-state index in [1.165, 1.54) is 24.3 Å². The Morgan fingerprint density at radius 3 is 2.12 bits per heavy atom. The zero-order chi connectivity index (χ0) is 24.6. The molecule has 0 spiro atoms. The fourth-order valence-electron chi connectivity index (χ4n) is 4.19. The minimum absolute atomic E-state index is 0.0352. The van der Waals surface area contributed by atoms with Gasteiger partial charge in [0.15, 0.2) is 17.5 Å². The first kappa shape index (κ1) is 24.0. The Labute approximate surface area is 199 Å². The molecular formula is C27H21ClF4O2. The maximum absolute atomic E-state index is 15.1. The van der Waals surface area contributed by atoms with Gasteiger partial charge in [0, 0.05) is 5.03 Å². The minimum atomic E-state index is -1.83. The molecule has 1 saturated carbocycles. The number of hydrogen-bond donors (Lipinski definition) is 0. The number of esters is 1. The van der Waals surface area contributed by atoms with E-state index in [4.69, 9.17) is 16.3 Å². The smallest absolute Gasteiger partial charge is 0.310 e. The molecule has 0 radical (unpaired) electrons. The van der Waals surface area contributed by atoms with Crippen molar-refractivity contribution in [3.05, 3.63) is 101 Å². The van der Waals surface area contributed by atoms with Crippen molar-refractivity contribution in [2.24, 2.45) is 17.3 Å². The van der Waals surface area contributed by atoms with Gasteiger partial charge in [-0.05, 0) is 22.5 Å². The second-order valence-electron chi connectivity index (χ2n) is 8.79. The highest BCUT2D eigenvalue weighted by Crippen LogP contribution is 2.60. The van der Waals surface area contributed by atoms with Gasteiger partial charge in [-0.2, -0.15) is 0 Å². The van der Waals surface area contributed by atoms with Crippen molar-refractivity contribution in [2.75, 3.05) is 0 Å². The van der Waals surface area contributed by atoms with Gasteiger partial charge in [0.25, 0.3) is 0 Å². The molecule has 0 amide bonds. The zero-order valence-corrected chi connectivity index (χ0v) is 19.2. The SMILES string of the molecule is CC1(C)C(C=C(Cl)c2ccccc2)C1C(=O)OCc1c(F)c(F)c(F)c(-c2ccccc2)c1F. The lowest BCUT2D eigenvalue weighted by atomic mass is 10.0. The number of halogens is 5. The number of benzene rings is 3. The average molecular weight is 489 g/mol. The van der Waals surface area contributed by atoms with Gasteiger partial charge in [0.2, 0.25) is 0 Å². The summed E-state index contributed by atoms with van der Waals surface area (Å²) < 4.78 is 63.2. The van der Waals surface area contributed by atoms with E-state index in [1.807, 2.05) is 44.2 Å². The van der Waals surface area contributed by atoms with Crippen molar-refractivity contribution in [3.8, 4) is 11.1 Å². The third kappa shape index (κ3) is 4.34. The van der Waals surface area contributed by atoms with E-state index >= 15 is 4.39 Å². The molecule has 1 aliphatic rings. The van der Waals surface area contributed by atoms with E-state index in [9.17, 15) is 18.0 Å². The predicted octanol–water partition coefficient (Wildman–Crippen LogP) is 7.51. The Morgan fingerprint density at radius 2 is 1.50 bits per heavy atom. The van der Waals surface area contributed by atoms with E-state index in [0.29, 0.717) is 5.03 Å². The van der Waals surface area contributed by atoms with Gasteiger partial charge in [-0.3, -0.25) is 4.79 Å². The summed E-state index contributed by atoms with van der Waals surface area (Å²) in [4.78, 5) is 12.7. The van der Waals surface area contributed by atoms with Crippen LogP contribution in [0.15, 0.2) is 66.7 Å². The first-order valence-electron chi connectivity index (χ1n) is 10.6. The van der Waals surface area contributed by atoms with Crippen LogP contribution >= 0.6 is 11.6 Å². The Kier molecular flexibility index (Phi) is 6.54. The fraction of sp³-hybridized carbons (Fsp3) is 0.222. The monoisotopic (exact) mass is 488 g/mol. The first-order chi connectivity index (χ1) is 16.1. The summed E-state index contributed by atoms with van der Waals surface area (Å²) in [7, 11) is 0. The van der Waals surface area contributed by atoms with Gasteiger partial charge in [-0.25, -0.2) is 17.6 Å². The molecule has 4 rings (SSSR count). The summed E-state index contributed by atoms with van der Waals surface area (Å²) in [5.74, 6) is -8.06. The van der Waals surface area contributed by atoms with Crippen LogP contribution in [0.4, 0.5) is 17.6 Å². The number of carbonyl (C=O) groups is 1. The van der Waals surface area contributed by atoms with Gasteiger partial charge in [0.1, 0.15) is 12.4 Å². The molecule has 3 aromatic rings. The van der Waals surface area contributed by atoms with Crippen LogP contribution in [-0.4, -0.2) is 5.97 Å². The normalized spacial score (nSPS) is 19.1. The average Bonchev–Trinajstić information content (AvgIpc) is 3.38. The molecule has 2 nitrogen and oxygen atoms in total. The molecule has 0 aromatic heterocycles. The van der Waals surface area contributed by atoms with Crippen LogP contribution in [-0.2, 0) is 16.1 Å². The summed E-state index contributed by atoms with van der Waals surface area (Å²) in [6.07, 6.45) is 1.76. The molecule has 7 heteroatoms. The summed E-state index contributed by atoms with van der Waals surface area (Å²) in [6.45, 7) is 2.83. The van der Waals surface area contributed by atoms with Crippen LogP contribution in [0.25, 0.3) is 16.2 Å². The number of rotatable bonds is 6. The van der Waals surface area contributed by atoms with Crippen LogP contribution in [0.3, 0.4) is 0 Å². The standard InChI is InChI=1S/C27H21ClF4O2/c1-27(2)18(13-19(28)15-9-5-3-6-10-15)21(27)26(33)34-14-17-22(29)20(16-11-7-4-8-12-16)24(31)25(32)23(17)30/h3-13,18,21H,14H2,1-2H3. The molecule has 2 unspecified atom stereocenters. The Morgan fingerprint density at radius 1 is 0.912 bits per heavy atom. The molecule has 1 aliphatic carbocycles. The maximum Gasteiger partial charge on any atom is 0.310 e. The van der Waals surface area contributed by atoms with E-state index < -0.39 is 58.3 Å². The highest BCUT2D eigenvalue weighted by atomic mass is 35.5. The third-order valence-electron chi connectivity index (χ3n) is 6.32. The highest BCUT2D eigenvalue weighted by molar-refractivity contribution is 6.48. The molecule has 0 heterocycles. The number of ether oxygens (including phenoxy) is 1. The number of hydrogen-bond acceptors (Lipinski definition) is 2. The van der Waals surface area contributed by atoms with Crippen molar-refractivity contribution in [2.45, 2.75) is 20.5 Å². The summed E-state index contributed by atoms with van der Waals surface area (Å²) in [5.41, 5.74) is -1.23. The molecular weight excluding hydrogens is 468 g/mol. The third-order valence-corrected chi connectivity index (χ3v) is 6.66. The van der Waals surface area contributed by atoms with Crippen LogP contribution in [0, 0.1) is 40.5 Å². The van der Waals surface area contributed by atoms with E-state index in [2.05, 4.69) is 0 Å². The Hall–Kier alpha value is -3.12. The van der Waals surface area contributed by atoms with E-state index in [-0.39, 0.29) is 11.5 Å². The Bertz CT molecular complexity index is 1260. The van der Waals surface area contributed by atoms with Gasteiger partial charge < -0.3 is 4.74 Å². The maximum atomic E-state index is 15.1. The fourth-order valence-corrected chi connectivity index (χ4v) is 4.45. The Balaban J connectivity index is 1.55. The van der Waals surface area contributed by atoms with Gasteiger partial charge in [-0.15, -0.1) is 0 Å². The first-order valence-corrected chi connectivity index (χ1v) is 11.0. The van der Waals surface area contributed by atoms with Crippen molar-refractivity contribution in [3.63, 3.8) is 0 Å². The minimum Gasteiger partial charge on any atom is -0.460 e. The number of carbonyl (C=O) groups excluding carboxylic acids is 1. The number of allylic oxidation sites excluding steroid dienone is 1. The van der Waals surface area contributed by atoms with Crippen LogP contribution in [0.2, 0.25) is 0 Å². The highest BCUT2D eigenvalue weighted by Gasteiger charge is 2.61. The van der Waals surface area contributed by atoms with Gasteiger partial charge in [-0.1, -0.05) is 92.2 Å². The lowest BCUT2D eigenvalue weighted by Crippen LogP contribution is -2.14. The van der Waals surface area contributed by atoms with Crippen molar-refractivity contribution >= 4 is 22.6 Å². The quantitative estimate of drug-likeness (QED) is 0.155. The molecule has 1 fully saturated rings. The molecule has 34 heavy (non-hydrogen) atoms. The molecule has 3 aromatic carbocycles. The molecule has 176 valence electrons. The van der Waals surface area contributed by atoms with Gasteiger partial charge >= 0.3 is 5.97 Å². The lowest BCUT2D eigenvalue weighted by Gasteiger charge is -2.13. The van der Waals surface area contributed by atoms with E-state index in [1.54, 1.807) is 12.1 Å². The van der Waals surface area contributed by atoms with E-state index in [0.717, 1.165) is 5.56 Å². The molecule has 0 bridgehead atoms. The van der Waals surface area contributed by atoms with Crippen molar-refractivity contribution < 1.29 is 27.1 Å². The lowest BCUT2D eigenvalue weighted by molar-refractivity contribution is -0.147. The van der Waals surface area contributed by atoms with Gasteiger partial charge in [0.05, 0.1) is 17.0 Å². The second-order valence-corrected chi connectivity index (χ2v) is 9.20. The molecule has 0 saturated heterocycles. The van der Waals surface area contributed by atoms with Crippen LogP contribution in [0.5, 0.6) is 0 Å². The zero-order valence-electron chi connectivity index (χ0n) is 18.4. The molecule has 0 N–H and O–H groups in total. The van der Waals surface area contributed by atoms with Crippen LogP contribution in [0.1, 0.15) is 25.0 Å². The van der Waals surface area contributed by atoms with Crippen LogP contribution < -0.4 is 0 Å². The molecule has 2 atom stereocenters. The topological polar surface area (TPSA) is 26.3 Å². The predicted molar refractivity (Wildman–Crippen MR) is 123 cm³/mol. The summed E-state index contributed by atoms with van der Waals surface area (Å²) in [5, 5.41) is 0.471. The largest absolute Gasteiger partial charge is 0.460 e. The van der Waals surface area contributed by atoms with Crippen molar-refractivity contribution in [1.29, 1.82) is 0 Å². The molecule has 0 aliphatic heterocycles. The van der Waals surface area contributed by atoms with Crippen molar-refractivity contribution in [1.82, 2.24) is 0 Å². The summed E-state index contributed by atoms with van der Waals surface area (Å²) in [6, 6.07) is 16.6. The summed E-state index contributed by atoms with van der Waals surface area (Å²) >= 11 is 6.39.